The Morgan fingerprint density at radius 1 is 1.19 bits per heavy atom. The molecule has 3 nitrogen and oxygen atoms in total. The second kappa shape index (κ2) is 9.43. The van der Waals surface area contributed by atoms with Crippen molar-refractivity contribution in [3.8, 4) is 5.75 Å². The number of carbonyl (C=O) groups is 1. The molecule has 0 spiro atoms. The standard InChI is InChI=1S/C18H28O3/c1-5-7-12-18(19)21-15(4)13-20-17-11-9-8-10-16(17)14(3)6-2/h8-11,14-15H,5-7,12-13H2,1-4H3/t14-,15+/m1/s1. The van der Waals surface area contributed by atoms with Gasteiger partial charge in [-0.25, -0.2) is 0 Å². The lowest BCUT2D eigenvalue weighted by Crippen LogP contribution is -2.22. The quantitative estimate of drug-likeness (QED) is 0.619. The summed E-state index contributed by atoms with van der Waals surface area (Å²) in [4.78, 5) is 11.6. The Bertz CT molecular complexity index is 428. The Kier molecular flexibility index (Phi) is 7.88. The average Bonchev–Trinajstić information content (AvgIpc) is 2.50. The fourth-order valence-electron chi connectivity index (χ4n) is 2.08. The molecule has 118 valence electrons. The molecule has 21 heavy (non-hydrogen) atoms. The zero-order chi connectivity index (χ0) is 15.7. The molecule has 1 aromatic carbocycles. The van der Waals surface area contributed by atoms with Crippen molar-refractivity contribution in [2.24, 2.45) is 0 Å². The van der Waals surface area contributed by atoms with E-state index in [1.54, 1.807) is 0 Å². The summed E-state index contributed by atoms with van der Waals surface area (Å²) >= 11 is 0. The Morgan fingerprint density at radius 3 is 2.57 bits per heavy atom. The summed E-state index contributed by atoms with van der Waals surface area (Å²) in [5.41, 5.74) is 1.21. The maximum atomic E-state index is 11.6. The van der Waals surface area contributed by atoms with Gasteiger partial charge < -0.3 is 9.47 Å². The van der Waals surface area contributed by atoms with Gasteiger partial charge in [-0.3, -0.25) is 4.79 Å². The van der Waals surface area contributed by atoms with Crippen molar-refractivity contribution in [3.63, 3.8) is 0 Å². The molecule has 3 heteroatoms. The monoisotopic (exact) mass is 292 g/mol. The SMILES string of the molecule is CCCCC(=O)O[C@@H](C)COc1ccccc1[C@H](C)CC. The lowest BCUT2D eigenvalue weighted by atomic mass is 9.98. The molecule has 0 heterocycles. The minimum absolute atomic E-state index is 0.136. The number of ether oxygens (including phenoxy) is 2. The van der Waals surface area contributed by atoms with E-state index in [0.717, 1.165) is 25.0 Å². The maximum absolute atomic E-state index is 11.6. The molecule has 2 atom stereocenters. The molecule has 0 N–H and O–H groups in total. The van der Waals surface area contributed by atoms with Crippen LogP contribution in [-0.4, -0.2) is 18.7 Å². The highest BCUT2D eigenvalue weighted by molar-refractivity contribution is 5.69. The number of esters is 1. The van der Waals surface area contributed by atoms with Gasteiger partial charge in [0.15, 0.2) is 0 Å². The van der Waals surface area contributed by atoms with E-state index in [1.165, 1.54) is 5.56 Å². The number of rotatable bonds is 9. The third-order valence-electron chi connectivity index (χ3n) is 3.60. The zero-order valence-electron chi connectivity index (χ0n) is 13.7. The van der Waals surface area contributed by atoms with Crippen LogP contribution in [0.1, 0.15) is 64.9 Å². The van der Waals surface area contributed by atoms with Gasteiger partial charge in [0.1, 0.15) is 18.5 Å². The molecule has 0 unspecified atom stereocenters. The third-order valence-corrected chi connectivity index (χ3v) is 3.60. The third kappa shape index (κ3) is 6.19. The van der Waals surface area contributed by atoms with Crippen molar-refractivity contribution in [3.05, 3.63) is 29.8 Å². The van der Waals surface area contributed by atoms with Crippen molar-refractivity contribution in [1.29, 1.82) is 0 Å². The largest absolute Gasteiger partial charge is 0.489 e. The smallest absolute Gasteiger partial charge is 0.306 e. The fourth-order valence-corrected chi connectivity index (χ4v) is 2.08. The molecular weight excluding hydrogens is 264 g/mol. The summed E-state index contributed by atoms with van der Waals surface area (Å²) in [7, 11) is 0. The van der Waals surface area contributed by atoms with Crippen molar-refractivity contribution >= 4 is 5.97 Å². The van der Waals surface area contributed by atoms with E-state index < -0.39 is 0 Å². The number of unbranched alkanes of at least 4 members (excludes halogenated alkanes) is 1. The Hall–Kier alpha value is -1.51. The number of hydrogen-bond donors (Lipinski definition) is 0. The molecule has 1 rings (SSSR count). The minimum Gasteiger partial charge on any atom is -0.489 e. The van der Waals surface area contributed by atoms with E-state index in [9.17, 15) is 4.79 Å². The summed E-state index contributed by atoms with van der Waals surface area (Å²) in [6.07, 6.45) is 3.22. The molecule has 0 aliphatic rings. The molecule has 0 amide bonds. The second-order valence-corrected chi connectivity index (χ2v) is 5.56. The van der Waals surface area contributed by atoms with Crippen LogP contribution in [0.5, 0.6) is 5.75 Å². The van der Waals surface area contributed by atoms with Gasteiger partial charge in [0, 0.05) is 6.42 Å². The first-order valence-corrected chi connectivity index (χ1v) is 7.99. The fraction of sp³-hybridized carbons (Fsp3) is 0.611. The topological polar surface area (TPSA) is 35.5 Å². The summed E-state index contributed by atoms with van der Waals surface area (Å²) in [6.45, 7) is 8.68. The van der Waals surface area contributed by atoms with E-state index >= 15 is 0 Å². The molecule has 0 bridgehead atoms. The van der Waals surface area contributed by atoms with E-state index in [2.05, 4.69) is 26.8 Å². The van der Waals surface area contributed by atoms with Crippen LogP contribution < -0.4 is 4.74 Å². The molecule has 0 radical (unpaired) electrons. The van der Waals surface area contributed by atoms with Crippen molar-refractivity contribution in [2.75, 3.05) is 6.61 Å². The van der Waals surface area contributed by atoms with E-state index in [0.29, 0.717) is 18.9 Å². The highest BCUT2D eigenvalue weighted by atomic mass is 16.6. The molecule has 0 aliphatic carbocycles. The molecule has 0 fully saturated rings. The zero-order valence-corrected chi connectivity index (χ0v) is 13.7. The van der Waals surface area contributed by atoms with Crippen LogP contribution in [0, 0.1) is 0 Å². The van der Waals surface area contributed by atoms with Crippen LogP contribution >= 0.6 is 0 Å². The van der Waals surface area contributed by atoms with Crippen LogP contribution in [-0.2, 0) is 9.53 Å². The molecular formula is C18H28O3. The summed E-state index contributed by atoms with van der Waals surface area (Å²) in [5, 5.41) is 0. The average molecular weight is 292 g/mol. The normalized spacial score (nSPS) is 13.5. The van der Waals surface area contributed by atoms with Crippen molar-refractivity contribution < 1.29 is 14.3 Å². The van der Waals surface area contributed by atoms with Crippen LogP contribution in [0.2, 0.25) is 0 Å². The van der Waals surface area contributed by atoms with Gasteiger partial charge in [0.05, 0.1) is 0 Å². The predicted octanol–water partition coefficient (Wildman–Crippen LogP) is 4.70. The Labute approximate surface area is 128 Å². The van der Waals surface area contributed by atoms with Crippen LogP contribution in [0.4, 0.5) is 0 Å². The first kappa shape index (κ1) is 17.5. The maximum Gasteiger partial charge on any atom is 0.306 e. The lowest BCUT2D eigenvalue weighted by Gasteiger charge is -2.18. The van der Waals surface area contributed by atoms with Crippen molar-refractivity contribution in [2.45, 2.75) is 65.4 Å². The first-order valence-electron chi connectivity index (χ1n) is 7.99. The van der Waals surface area contributed by atoms with Gasteiger partial charge in [-0.2, -0.15) is 0 Å². The molecule has 0 saturated heterocycles. The van der Waals surface area contributed by atoms with E-state index in [1.807, 2.05) is 25.1 Å². The van der Waals surface area contributed by atoms with Gasteiger partial charge in [-0.1, -0.05) is 45.4 Å². The highest BCUT2D eigenvalue weighted by Crippen LogP contribution is 2.28. The summed E-state index contributed by atoms with van der Waals surface area (Å²) in [5.74, 6) is 1.22. The van der Waals surface area contributed by atoms with Gasteiger partial charge in [-0.05, 0) is 37.3 Å². The highest BCUT2D eigenvalue weighted by Gasteiger charge is 2.13. The molecule has 1 aromatic rings. The van der Waals surface area contributed by atoms with Gasteiger partial charge >= 0.3 is 5.97 Å². The van der Waals surface area contributed by atoms with Crippen molar-refractivity contribution in [1.82, 2.24) is 0 Å². The van der Waals surface area contributed by atoms with Crippen LogP contribution in [0.25, 0.3) is 0 Å². The van der Waals surface area contributed by atoms with E-state index in [4.69, 9.17) is 9.47 Å². The Morgan fingerprint density at radius 2 is 1.90 bits per heavy atom. The summed E-state index contributed by atoms with van der Waals surface area (Å²) in [6, 6.07) is 8.08. The molecule has 0 aromatic heterocycles. The van der Waals surface area contributed by atoms with Gasteiger partial charge in [0.2, 0.25) is 0 Å². The minimum atomic E-state index is -0.223. The summed E-state index contributed by atoms with van der Waals surface area (Å²) < 4.78 is 11.2. The number of para-hydroxylation sites is 1. The van der Waals surface area contributed by atoms with Crippen LogP contribution in [0.15, 0.2) is 24.3 Å². The first-order chi connectivity index (χ1) is 10.1. The van der Waals surface area contributed by atoms with Crippen LogP contribution in [0.3, 0.4) is 0 Å². The molecule has 0 saturated carbocycles. The number of carbonyl (C=O) groups excluding carboxylic acids is 1. The lowest BCUT2D eigenvalue weighted by molar-refractivity contribution is -0.149. The van der Waals surface area contributed by atoms with Gasteiger partial charge in [-0.15, -0.1) is 0 Å². The van der Waals surface area contributed by atoms with Gasteiger partial charge in [0.25, 0.3) is 0 Å². The van der Waals surface area contributed by atoms with E-state index in [-0.39, 0.29) is 12.1 Å². The molecule has 0 aliphatic heterocycles. The number of hydrogen-bond acceptors (Lipinski definition) is 3. The Balaban J connectivity index is 2.49. The number of benzene rings is 1. The second-order valence-electron chi connectivity index (χ2n) is 5.56. The predicted molar refractivity (Wildman–Crippen MR) is 85.7 cm³/mol.